The Kier molecular flexibility index (Phi) is 5.66. The van der Waals surface area contributed by atoms with E-state index in [1.54, 1.807) is 0 Å². The number of nitrogens with one attached hydrogen (secondary N) is 1. The van der Waals surface area contributed by atoms with Crippen molar-refractivity contribution in [3.05, 3.63) is 40.1 Å². The summed E-state index contributed by atoms with van der Waals surface area (Å²) >= 11 is 1.22. The first-order valence-corrected chi connectivity index (χ1v) is 10.6. The van der Waals surface area contributed by atoms with Crippen molar-refractivity contribution in [1.29, 1.82) is 0 Å². The van der Waals surface area contributed by atoms with E-state index in [0.717, 1.165) is 32.2 Å². The van der Waals surface area contributed by atoms with Crippen molar-refractivity contribution in [3.63, 3.8) is 0 Å². The molecule has 1 unspecified atom stereocenters. The molecule has 1 aromatic heterocycles. The minimum Gasteiger partial charge on any atom is -0.333 e. The summed E-state index contributed by atoms with van der Waals surface area (Å²) in [4.78, 5) is 27.1. The van der Waals surface area contributed by atoms with Gasteiger partial charge in [0.2, 0.25) is 10.9 Å². The van der Waals surface area contributed by atoms with Crippen molar-refractivity contribution < 1.29 is 14.0 Å². The van der Waals surface area contributed by atoms with Gasteiger partial charge >= 0.3 is 0 Å². The number of hydrogen-bond donors (Lipinski definition) is 1. The molecule has 1 N–H and O–H groups in total. The van der Waals surface area contributed by atoms with Gasteiger partial charge in [-0.25, -0.2) is 4.39 Å². The van der Waals surface area contributed by atoms with Crippen LogP contribution in [-0.2, 0) is 4.79 Å². The van der Waals surface area contributed by atoms with Crippen LogP contribution in [0.25, 0.3) is 0 Å². The summed E-state index contributed by atoms with van der Waals surface area (Å²) < 4.78 is 13.0. The number of likely N-dealkylation sites (tertiary alicyclic amines) is 1. The number of hydrogen-bond acceptors (Lipinski definition) is 5. The average Bonchev–Trinajstić information content (AvgIpc) is 3.44. The number of halogens is 1. The van der Waals surface area contributed by atoms with Crippen LogP contribution in [0.5, 0.6) is 0 Å². The second kappa shape index (κ2) is 8.34. The second-order valence-electron chi connectivity index (χ2n) is 7.51. The van der Waals surface area contributed by atoms with E-state index >= 15 is 0 Å². The summed E-state index contributed by atoms with van der Waals surface area (Å²) in [5.74, 6) is -0.0286. The van der Waals surface area contributed by atoms with Crippen LogP contribution < -0.4 is 5.32 Å². The van der Waals surface area contributed by atoms with E-state index in [1.807, 2.05) is 4.90 Å². The molecule has 1 saturated heterocycles. The lowest BCUT2D eigenvalue weighted by atomic mass is 10.0. The molecule has 0 spiro atoms. The standard InChI is InChI=1S/C20H23FN4O2S/c21-14-7-9-15(10-8-14)22-18(27)20-24-23-19(28-20)16-6-3-11-25(16)17(26)12-13-4-1-2-5-13/h7-10,13,16H,1-6,11-12H2,(H,22,27). The average molecular weight is 402 g/mol. The molecule has 2 aromatic rings. The molecule has 1 aliphatic carbocycles. The summed E-state index contributed by atoms with van der Waals surface area (Å²) in [6.07, 6.45) is 7.16. The van der Waals surface area contributed by atoms with Gasteiger partial charge in [0.05, 0.1) is 6.04 Å². The van der Waals surface area contributed by atoms with Crippen LogP contribution in [-0.4, -0.2) is 33.5 Å². The zero-order valence-electron chi connectivity index (χ0n) is 15.6. The van der Waals surface area contributed by atoms with Crippen molar-refractivity contribution in [2.24, 2.45) is 5.92 Å². The Balaban J connectivity index is 1.41. The highest BCUT2D eigenvalue weighted by Gasteiger charge is 2.34. The van der Waals surface area contributed by atoms with Crippen molar-refractivity contribution >= 4 is 28.8 Å². The fourth-order valence-corrected chi connectivity index (χ4v) is 4.97. The summed E-state index contributed by atoms with van der Waals surface area (Å²) in [7, 11) is 0. The van der Waals surface area contributed by atoms with Crippen molar-refractivity contribution in [1.82, 2.24) is 15.1 Å². The van der Waals surface area contributed by atoms with Crippen LogP contribution in [0.4, 0.5) is 10.1 Å². The number of rotatable bonds is 5. The quantitative estimate of drug-likeness (QED) is 0.814. The number of carbonyl (C=O) groups is 2. The zero-order chi connectivity index (χ0) is 19.5. The molecular formula is C20H23FN4O2S. The van der Waals surface area contributed by atoms with E-state index in [9.17, 15) is 14.0 Å². The predicted molar refractivity (Wildman–Crippen MR) is 105 cm³/mol. The van der Waals surface area contributed by atoms with Gasteiger partial charge in [-0.1, -0.05) is 24.2 Å². The maximum absolute atomic E-state index is 13.0. The molecule has 1 aliphatic heterocycles. The summed E-state index contributed by atoms with van der Waals surface area (Å²) in [6.45, 7) is 0.743. The Morgan fingerprint density at radius 2 is 1.86 bits per heavy atom. The molecule has 2 amide bonds. The minimum atomic E-state index is -0.378. The van der Waals surface area contributed by atoms with Gasteiger partial charge in [0.15, 0.2) is 0 Å². The van der Waals surface area contributed by atoms with E-state index in [0.29, 0.717) is 23.0 Å². The van der Waals surface area contributed by atoms with Crippen LogP contribution in [0, 0.1) is 11.7 Å². The smallest absolute Gasteiger partial charge is 0.286 e. The number of carbonyl (C=O) groups excluding carboxylic acids is 2. The largest absolute Gasteiger partial charge is 0.333 e. The molecule has 148 valence electrons. The highest BCUT2D eigenvalue weighted by atomic mass is 32.1. The van der Waals surface area contributed by atoms with E-state index in [-0.39, 0.29) is 28.7 Å². The highest BCUT2D eigenvalue weighted by Crippen LogP contribution is 2.36. The molecule has 8 heteroatoms. The number of nitrogens with zero attached hydrogens (tertiary/aromatic N) is 3. The summed E-state index contributed by atoms with van der Waals surface area (Å²) in [5.41, 5.74) is 0.498. The van der Waals surface area contributed by atoms with Gasteiger partial charge in [0, 0.05) is 18.7 Å². The van der Waals surface area contributed by atoms with Gasteiger partial charge in [-0.3, -0.25) is 9.59 Å². The number of aromatic nitrogens is 2. The molecule has 28 heavy (non-hydrogen) atoms. The minimum absolute atomic E-state index is 0.0845. The lowest BCUT2D eigenvalue weighted by Crippen LogP contribution is -2.31. The van der Waals surface area contributed by atoms with Crippen LogP contribution >= 0.6 is 11.3 Å². The van der Waals surface area contributed by atoms with Gasteiger partial charge in [-0.05, 0) is 55.9 Å². The number of anilines is 1. The third-order valence-corrected chi connectivity index (χ3v) is 6.56. The van der Waals surface area contributed by atoms with Crippen molar-refractivity contribution in [2.45, 2.75) is 51.0 Å². The van der Waals surface area contributed by atoms with E-state index in [2.05, 4.69) is 15.5 Å². The monoisotopic (exact) mass is 402 g/mol. The van der Waals surface area contributed by atoms with Gasteiger partial charge < -0.3 is 10.2 Å². The van der Waals surface area contributed by atoms with Gasteiger partial charge in [-0.15, -0.1) is 10.2 Å². The molecule has 6 nitrogen and oxygen atoms in total. The van der Waals surface area contributed by atoms with Crippen LogP contribution in [0.3, 0.4) is 0 Å². The van der Waals surface area contributed by atoms with Gasteiger partial charge in [0.25, 0.3) is 5.91 Å². The zero-order valence-corrected chi connectivity index (χ0v) is 16.4. The third kappa shape index (κ3) is 4.22. The fourth-order valence-electron chi connectivity index (χ4n) is 4.08. The van der Waals surface area contributed by atoms with Crippen LogP contribution in [0.15, 0.2) is 24.3 Å². The molecular weight excluding hydrogens is 379 g/mol. The molecule has 4 rings (SSSR count). The molecule has 0 bridgehead atoms. The van der Waals surface area contributed by atoms with Crippen molar-refractivity contribution in [3.8, 4) is 0 Å². The lowest BCUT2D eigenvalue weighted by Gasteiger charge is -2.24. The maximum Gasteiger partial charge on any atom is 0.286 e. The maximum atomic E-state index is 13.0. The Labute approximate surface area is 167 Å². The first-order chi connectivity index (χ1) is 13.6. The molecule has 1 aromatic carbocycles. The normalized spacial score (nSPS) is 19.9. The highest BCUT2D eigenvalue weighted by molar-refractivity contribution is 7.13. The molecule has 1 saturated carbocycles. The molecule has 2 heterocycles. The Bertz CT molecular complexity index is 848. The molecule has 1 atom stereocenters. The topological polar surface area (TPSA) is 75.2 Å². The lowest BCUT2D eigenvalue weighted by molar-refractivity contribution is -0.133. The van der Waals surface area contributed by atoms with E-state index in [4.69, 9.17) is 0 Å². The first kappa shape index (κ1) is 19.0. The van der Waals surface area contributed by atoms with Crippen LogP contribution in [0.2, 0.25) is 0 Å². The SMILES string of the molecule is O=C(Nc1ccc(F)cc1)c1nnc(C2CCCN2C(=O)CC2CCCC2)s1. The fraction of sp³-hybridized carbons (Fsp3) is 0.500. The Morgan fingerprint density at radius 3 is 2.61 bits per heavy atom. The molecule has 0 radical (unpaired) electrons. The van der Waals surface area contributed by atoms with Crippen molar-refractivity contribution in [2.75, 3.05) is 11.9 Å². The second-order valence-corrected chi connectivity index (χ2v) is 8.52. The van der Waals surface area contributed by atoms with E-state index in [1.165, 1.54) is 48.4 Å². The Morgan fingerprint density at radius 1 is 1.11 bits per heavy atom. The number of amides is 2. The predicted octanol–water partition coefficient (Wildman–Crippen LogP) is 4.17. The van der Waals surface area contributed by atoms with Crippen LogP contribution in [0.1, 0.15) is 65.8 Å². The number of benzene rings is 1. The summed E-state index contributed by atoms with van der Waals surface area (Å²) in [5, 5.41) is 11.9. The molecule has 2 aliphatic rings. The Hall–Kier alpha value is -2.35. The first-order valence-electron chi connectivity index (χ1n) is 9.80. The third-order valence-electron chi connectivity index (χ3n) is 5.53. The molecule has 2 fully saturated rings. The van der Waals surface area contributed by atoms with E-state index < -0.39 is 0 Å². The summed E-state index contributed by atoms with van der Waals surface area (Å²) in [6, 6.07) is 5.48. The van der Waals surface area contributed by atoms with Gasteiger partial charge in [0.1, 0.15) is 10.8 Å². The van der Waals surface area contributed by atoms with Gasteiger partial charge in [-0.2, -0.15) is 0 Å².